The van der Waals surface area contributed by atoms with Crippen molar-refractivity contribution in [1.29, 1.82) is 0 Å². The molecule has 0 saturated heterocycles. The summed E-state index contributed by atoms with van der Waals surface area (Å²) in [5, 5.41) is 6.92. The zero-order valence-electron chi connectivity index (χ0n) is 9.97. The maximum Gasteiger partial charge on any atom is 0.150 e. The second-order valence-electron chi connectivity index (χ2n) is 4.01. The molecule has 2 rings (SSSR count). The lowest BCUT2D eigenvalue weighted by Gasteiger charge is -2.08. The van der Waals surface area contributed by atoms with Crippen LogP contribution in [0.15, 0.2) is 22.8 Å². The molecule has 6 heteroatoms. The third kappa shape index (κ3) is 2.69. The van der Waals surface area contributed by atoms with E-state index >= 15 is 0 Å². The molecule has 1 heterocycles. The Morgan fingerprint density at radius 3 is 2.44 bits per heavy atom. The van der Waals surface area contributed by atoms with Gasteiger partial charge in [0.15, 0.2) is 0 Å². The van der Waals surface area contributed by atoms with Gasteiger partial charge in [0.1, 0.15) is 17.3 Å². The number of anilines is 1. The van der Waals surface area contributed by atoms with Gasteiger partial charge in [0.2, 0.25) is 0 Å². The minimum Gasteiger partial charge on any atom is -0.376 e. The smallest absolute Gasteiger partial charge is 0.150 e. The zero-order chi connectivity index (χ0) is 13.3. The van der Waals surface area contributed by atoms with Gasteiger partial charge in [-0.15, -0.1) is 0 Å². The van der Waals surface area contributed by atoms with Crippen molar-refractivity contribution in [2.24, 2.45) is 7.05 Å². The van der Waals surface area contributed by atoms with Gasteiger partial charge in [0.05, 0.1) is 5.69 Å². The molecule has 0 aliphatic heterocycles. The summed E-state index contributed by atoms with van der Waals surface area (Å²) in [6.45, 7) is 2.18. The summed E-state index contributed by atoms with van der Waals surface area (Å²) < 4.78 is 29.2. The average Bonchev–Trinajstić information content (AvgIpc) is 2.55. The van der Waals surface area contributed by atoms with E-state index in [2.05, 4.69) is 26.3 Å². The van der Waals surface area contributed by atoms with Crippen LogP contribution in [0.2, 0.25) is 0 Å². The van der Waals surface area contributed by atoms with Gasteiger partial charge < -0.3 is 5.32 Å². The third-order valence-electron chi connectivity index (χ3n) is 2.58. The van der Waals surface area contributed by atoms with Crippen LogP contribution in [-0.2, 0) is 13.6 Å². The Kier molecular flexibility index (Phi) is 3.65. The molecule has 1 N–H and O–H groups in total. The van der Waals surface area contributed by atoms with Gasteiger partial charge in [0.25, 0.3) is 0 Å². The Hall–Kier alpha value is -1.43. The van der Waals surface area contributed by atoms with Gasteiger partial charge in [0, 0.05) is 29.8 Å². The highest BCUT2D eigenvalue weighted by Gasteiger charge is 2.11. The number of nitrogens with zero attached hydrogens (tertiary/aromatic N) is 2. The van der Waals surface area contributed by atoms with Crippen molar-refractivity contribution >= 4 is 21.6 Å². The highest BCUT2D eigenvalue weighted by atomic mass is 79.9. The van der Waals surface area contributed by atoms with E-state index in [0.29, 0.717) is 11.0 Å². The van der Waals surface area contributed by atoms with Gasteiger partial charge in [-0.05, 0) is 19.1 Å². The Bertz CT molecular complexity index is 558. The van der Waals surface area contributed by atoms with Crippen LogP contribution < -0.4 is 5.32 Å². The number of halogens is 3. The molecule has 2 aromatic rings. The zero-order valence-corrected chi connectivity index (χ0v) is 11.6. The van der Waals surface area contributed by atoms with Crippen molar-refractivity contribution in [3.05, 3.63) is 45.7 Å². The van der Waals surface area contributed by atoms with Gasteiger partial charge in [-0.3, -0.25) is 4.68 Å². The number of hydrogen-bond acceptors (Lipinski definition) is 2. The topological polar surface area (TPSA) is 29.9 Å². The molecule has 0 atom stereocenters. The monoisotopic (exact) mass is 315 g/mol. The molecule has 0 spiro atoms. The Morgan fingerprint density at radius 1 is 1.33 bits per heavy atom. The first-order valence-electron chi connectivity index (χ1n) is 5.35. The number of rotatable bonds is 3. The van der Waals surface area contributed by atoms with E-state index < -0.39 is 11.6 Å². The standard InChI is InChI=1S/C12H12BrF2N3/c1-7-8(6-18(2)17-7)5-16-12-10(14)3-9(13)4-11(12)15/h3-4,6,16H,5H2,1-2H3. The first-order valence-corrected chi connectivity index (χ1v) is 6.14. The summed E-state index contributed by atoms with van der Waals surface area (Å²) in [7, 11) is 1.80. The normalized spacial score (nSPS) is 10.7. The molecule has 3 nitrogen and oxygen atoms in total. The lowest BCUT2D eigenvalue weighted by molar-refractivity contribution is 0.586. The van der Waals surface area contributed by atoms with E-state index in [4.69, 9.17) is 0 Å². The minimum absolute atomic E-state index is 0.124. The fourth-order valence-electron chi connectivity index (χ4n) is 1.72. The predicted octanol–water partition coefficient (Wildman–Crippen LogP) is 3.38. The molecule has 0 radical (unpaired) electrons. The number of benzene rings is 1. The highest BCUT2D eigenvalue weighted by molar-refractivity contribution is 9.10. The molecule has 0 fully saturated rings. The molecular weight excluding hydrogens is 304 g/mol. The Balaban J connectivity index is 2.18. The van der Waals surface area contributed by atoms with Crippen molar-refractivity contribution in [1.82, 2.24) is 9.78 Å². The Labute approximate surface area is 112 Å². The summed E-state index contributed by atoms with van der Waals surface area (Å²) in [6, 6.07) is 2.45. The highest BCUT2D eigenvalue weighted by Crippen LogP contribution is 2.24. The summed E-state index contributed by atoms with van der Waals surface area (Å²) in [5.41, 5.74) is 1.61. The molecular formula is C12H12BrF2N3. The first kappa shape index (κ1) is 13.0. The Morgan fingerprint density at radius 2 is 1.94 bits per heavy atom. The molecule has 0 bridgehead atoms. The number of aromatic nitrogens is 2. The molecule has 0 aliphatic rings. The van der Waals surface area contributed by atoms with E-state index in [1.165, 1.54) is 12.1 Å². The molecule has 1 aromatic heterocycles. The van der Waals surface area contributed by atoms with Crippen molar-refractivity contribution in [3.63, 3.8) is 0 Å². The molecule has 0 unspecified atom stereocenters. The van der Waals surface area contributed by atoms with Crippen molar-refractivity contribution in [2.75, 3.05) is 5.32 Å². The largest absolute Gasteiger partial charge is 0.376 e. The van der Waals surface area contributed by atoms with E-state index in [0.717, 1.165) is 11.3 Å². The maximum absolute atomic E-state index is 13.6. The SMILES string of the molecule is Cc1nn(C)cc1CNc1c(F)cc(Br)cc1F. The second-order valence-corrected chi connectivity index (χ2v) is 4.93. The molecule has 0 amide bonds. The van der Waals surface area contributed by atoms with E-state index in [9.17, 15) is 8.78 Å². The number of aryl methyl sites for hydroxylation is 2. The van der Waals surface area contributed by atoms with Crippen molar-refractivity contribution in [3.8, 4) is 0 Å². The van der Waals surface area contributed by atoms with Crippen LogP contribution in [0.1, 0.15) is 11.3 Å². The molecule has 18 heavy (non-hydrogen) atoms. The van der Waals surface area contributed by atoms with E-state index in [1.807, 2.05) is 13.1 Å². The first-order chi connectivity index (χ1) is 8.47. The lowest BCUT2D eigenvalue weighted by atomic mass is 10.2. The van der Waals surface area contributed by atoms with Crippen LogP contribution in [0, 0.1) is 18.6 Å². The van der Waals surface area contributed by atoms with E-state index in [-0.39, 0.29) is 5.69 Å². The second kappa shape index (κ2) is 5.06. The number of hydrogen-bond donors (Lipinski definition) is 1. The lowest BCUT2D eigenvalue weighted by Crippen LogP contribution is -2.04. The summed E-state index contributed by atoms with van der Waals surface area (Å²) in [5.74, 6) is -1.24. The van der Waals surface area contributed by atoms with Gasteiger partial charge in [-0.1, -0.05) is 15.9 Å². The predicted molar refractivity (Wildman–Crippen MR) is 69.3 cm³/mol. The molecule has 1 aromatic carbocycles. The fourth-order valence-corrected chi connectivity index (χ4v) is 2.12. The minimum atomic E-state index is -0.622. The van der Waals surface area contributed by atoms with Gasteiger partial charge >= 0.3 is 0 Å². The summed E-state index contributed by atoms with van der Waals surface area (Å²) in [6.07, 6.45) is 1.82. The fraction of sp³-hybridized carbons (Fsp3) is 0.250. The summed E-state index contributed by atoms with van der Waals surface area (Å²) in [4.78, 5) is 0. The van der Waals surface area contributed by atoms with Crippen LogP contribution in [0.3, 0.4) is 0 Å². The molecule has 96 valence electrons. The average molecular weight is 316 g/mol. The van der Waals surface area contributed by atoms with Gasteiger partial charge in [-0.2, -0.15) is 5.10 Å². The van der Waals surface area contributed by atoms with Gasteiger partial charge in [-0.25, -0.2) is 8.78 Å². The third-order valence-corrected chi connectivity index (χ3v) is 3.04. The van der Waals surface area contributed by atoms with Crippen molar-refractivity contribution in [2.45, 2.75) is 13.5 Å². The quantitative estimate of drug-likeness (QED) is 0.941. The maximum atomic E-state index is 13.6. The molecule has 0 aliphatic carbocycles. The van der Waals surface area contributed by atoms with Crippen LogP contribution in [0.25, 0.3) is 0 Å². The van der Waals surface area contributed by atoms with Crippen LogP contribution in [-0.4, -0.2) is 9.78 Å². The molecule has 0 saturated carbocycles. The van der Waals surface area contributed by atoms with Crippen LogP contribution >= 0.6 is 15.9 Å². The van der Waals surface area contributed by atoms with Crippen LogP contribution in [0.5, 0.6) is 0 Å². The number of nitrogens with one attached hydrogen (secondary N) is 1. The van der Waals surface area contributed by atoms with E-state index in [1.54, 1.807) is 11.7 Å². The van der Waals surface area contributed by atoms with Crippen LogP contribution in [0.4, 0.5) is 14.5 Å². The van der Waals surface area contributed by atoms with Crippen molar-refractivity contribution < 1.29 is 8.78 Å². The summed E-state index contributed by atoms with van der Waals surface area (Å²) >= 11 is 3.04.